The van der Waals surface area contributed by atoms with E-state index in [2.05, 4.69) is 20.0 Å². The summed E-state index contributed by atoms with van der Waals surface area (Å²) < 4.78 is 47.4. The van der Waals surface area contributed by atoms with Gasteiger partial charge >= 0.3 is 12.2 Å². The van der Waals surface area contributed by atoms with Gasteiger partial charge in [-0.2, -0.15) is 18.2 Å². The lowest BCUT2D eigenvalue weighted by molar-refractivity contribution is -0.137. The predicted molar refractivity (Wildman–Crippen MR) is 58.8 cm³/mol. The Morgan fingerprint density at radius 3 is 2.68 bits per heavy atom. The number of halogens is 3. The van der Waals surface area contributed by atoms with E-state index in [1.165, 1.54) is 18.4 Å². The van der Waals surface area contributed by atoms with Crippen LogP contribution in [0.25, 0.3) is 11.1 Å². The Labute approximate surface area is 104 Å². The molecule has 5 nitrogen and oxygen atoms in total. The Kier molecular flexibility index (Phi) is 2.44. The molecule has 0 radical (unpaired) electrons. The van der Waals surface area contributed by atoms with Crippen molar-refractivity contribution in [2.45, 2.75) is 6.18 Å². The number of nitrogens with zero attached hydrogens (tertiary/aromatic N) is 2. The maximum atomic E-state index is 12.5. The second kappa shape index (κ2) is 4.01. The second-order valence-corrected chi connectivity index (χ2v) is 3.71. The highest BCUT2D eigenvalue weighted by atomic mass is 19.4. The summed E-state index contributed by atoms with van der Waals surface area (Å²) in [5.74, 6) is 0.350. The minimum Gasteiger partial charge on any atom is -0.423 e. The SMILES string of the molecule is FC(F)(F)c1ccc2oc(Nc3ccon3)nc2c1. The van der Waals surface area contributed by atoms with Crippen molar-refractivity contribution in [1.29, 1.82) is 0 Å². The van der Waals surface area contributed by atoms with Crippen molar-refractivity contribution in [1.82, 2.24) is 10.1 Å². The predicted octanol–water partition coefficient (Wildman–Crippen LogP) is 3.58. The lowest BCUT2D eigenvalue weighted by Gasteiger charge is -2.04. The van der Waals surface area contributed by atoms with E-state index in [4.69, 9.17) is 4.42 Å². The fraction of sp³-hybridized carbons (Fsp3) is 0.0909. The molecule has 0 saturated heterocycles. The standard InChI is InChI=1S/C11H6F3N3O2/c12-11(13,14)6-1-2-8-7(5-6)15-10(19-8)16-9-3-4-18-17-9/h1-5H,(H,15,16,17). The van der Waals surface area contributed by atoms with Crippen LogP contribution < -0.4 is 5.32 Å². The minimum atomic E-state index is -4.41. The molecule has 0 amide bonds. The van der Waals surface area contributed by atoms with E-state index >= 15 is 0 Å². The summed E-state index contributed by atoms with van der Waals surface area (Å²) in [5, 5.41) is 6.24. The molecule has 98 valence electrons. The van der Waals surface area contributed by atoms with Gasteiger partial charge in [0.05, 0.1) is 5.56 Å². The molecule has 8 heteroatoms. The van der Waals surface area contributed by atoms with Gasteiger partial charge in [0.1, 0.15) is 11.8 Å². The zero-order valence-corrected chi connectivity index (χ0v) is 9.23. The summed E-state index contributed by atoms with van der Waals surface area (Å²) in [6, 6.07) is 4.65. The highest BCUT2D eigenvalue weighted by Crippen LogP contribution is 2.32. The van der Waals surface area contributed by atoms with Gasteiger partial charge in [-0.15, -0.1) is 0 Å². The van der Waals surface area contributed by atoms with Gasteiger partial charge in [-0.25, -0.2) is 0 Å². The summed E-state index contributed by atoms with van der Waals surface area (Å²) in [6.45, 7) is 0. The summed E-state index contributed by atoms with van der Waals surface area (Å²) >= 11 is 0. The van der Waals surface area contributed by atoms with Crippen molar-refractivity contribution in [2.75, 3.05) is 5.32 Å². The molecule has 0 aliphatic rings. The van der Waals surface area contributed by atoms with Crippen molar-refractivity contribution in [2.24, 2.45) is 0 Å². The van der Waals surface area contributed by atoms with Gasteiger partial charge in [-0.3, -0.25) is 5.32 Å². The topological polar surface area (TPSA) is 64.1 Å². The minimum absolute atomic E-state index is 0.0447. The third-order valence-electron chi connectivity index (χ3n) is 2.39. The number of fused-ring (bicyclic) bond motifs is 1. The van der Waals surface area contributed by atoms with Crippen LogP contribution in [0.1, 0.15) is 5.56 Å². The largest absolute Gasteiger partial charge is 0.423 e. The maximum Gasteiger partial charge on any atom is 0.416 e. The summed E-state index contributed by atoms with van der Waals surface area (Å²) in [4.78, 5) is 3.90. The first-order valence-electron chi connectivity index (χ1n) is 5.17. The lowest BCUT2D eigenvalue weighted by atomic mass is 10.2. The molecule has 0 aliphatic carbocycles. The van der Waals surface area contributed by atoms with Crippen LogP contribution in [-0.4, -0.2) is 10.1 Å². The van der Waals surface area contributed by atoms with Crippen LogP contribution in [0.2, 0.25) is 0 Å². The first-order valence-corrected chi connectivity index (χ1v) is 5.17. The third kappa shape index (κ3) is 2.24. The molecule has 1 N–H and O–H groups in total. The van der Waals surface area contributed by atoms with Crippen LogP contribution in [0.5, 0.6) is 0 Å². The van der Waals surface area contributed by atoms with E-state index in [0.29, 0.717) is 5.82 Å². The number of hydrogen-bond donors (Lipinski definition) is 1. The number of anilines is 2. The van der Waals surface area contributed by atoms with Crippen LogP contribution in [-0.2, 0) is 6.18 Å². The number of hydrogen-bond acceptors (Lipinski definition) is 5. The number of aromatic nitrogens is 2. The molecule has 3 aromatic rings. The fourth-order valence-electron chi connectivity index (χ4n) is 1.54. The third-order valence-corrected chi connectivity index (χ3v) is 2.39. The maximum absolute atomic E-state index is 12.5. The highest BCUT2D eigenvalue weighted by Gasteiger charge is 2.31. The van der Waals surface area contributed by atoms with Gasteiger partial charge in [-0.1, -0.05) is 5.16 Å². The average Bonchev–Trinajstić information content (AvgIpc) is 2.95. The number of oxazole rings is 1. The van der Waals surface area contributed by atoms with Crippen LogP contribution in [0.4, 0.5) is 25.0 Å². The summed E-state index contributed by atoms with van der Waals surface area (Å²) in [7, 11) is 0. The normalized spacial score (nSPS) is 11.9. The Morgan fingerprint density at radius 2 is 2.00 bits per heavy atom. The molecule has 2 aromatic heterocycles. The Hall–Kier alpha value is -2.51. The van der Waals surface area contributed by atoms with Crippen molar-refractivity contribution in [3.05, 3.63) is 36.1 Å². The number of benzene rings is 1. The van der Waals surface area contributed by atoms with Gasteiger partial charge in [0.25, 0.3) is 0 Å². The molecule has 2 heterocycles. The molecule has 19 heavy (non-hydrogen) atoms. The molecular formula is C11H6F3N3O2. The zero-order chi connectivity index (χ0) is 13.5. The van der Waals surface area contributed by atoms with Crippen LogP contribution >= 0.6 is 0 Å². The molecule has 0 fully saturated rings. The summed E-state index contributed by atoms with van der Waals surface area (Å²) in [6.07, 6.45) is -3.07. The Morgan fingerprint density at radius 1 is 1.16 bits per heavy atom. The molecule has 0 unspecified atom stereocenters. The number of rotatable bonds is 2. The lowest BCUT2D eigenvalue weighted by Crippen LogP contribution is -2.03. The zero-order valence-electron chi connectivity index (χ0n) is 9.23. The van der Waals surface area contributed by atoms with Crippen molar-refractivity contribution < 1.29 is 22.1 Å². The molecule has 1 aromatic carbocycles. The monoisotopic (exact) mass is 269 g/mol. The van der Waals surface area contributed by atoms with Crippen molar-refractivity contribution in [3.8, 4) is 0 Å². The van der Waals surface area contributed by atoms with Gasteiger partial charge in [-0.05, 0) is 18.2 Å². The second-order valence-electron chi connectivity index (χ2n) is 3.71. The Balaban J connectivity index is 1.97. The van der Waals surface area contributed by atoms with E-state index < -0.39 is 11.7 Å². The number of alkyl halides is 3. The molecule has 0 aliphatic heterocycles. The molecule has 0 bridgehead atoms. The molecule has 0 spiro atoms. The van der Waals surface area contributed by atoms with Gasteiger partial charge in [0, 0.05) is 6.07 Å². The highest BCUT2D eigenvalue weighted by molar-refractivity contribution is 5.76. The van der Waals surface area contributed by atoms with E-state index in [1.54, 1.807) is 0 Å². The first kappa shape index (κ1) is 11.6. The van der Waals surface area contributed by atoms with Crippen molar-refractivity contribution >= 4 is 22.9 Å². The van der Waals surface area contributed by atoms with Crippen molar-refractivity contribution in [3.63, 3.8) is 0 Å². The Bertz CT molecular complexity index is 704. The van der Waals surface area contributed by atoms with Gasteiger partial charge in [0.2, 0.25) is 0 Å². The van der Waals surface area contributed by atoms with Gasteiger partial charge < -0.3 is 8.94 Å². The fourth-order valence-corrected chi connectivity index (χ4v) is 1.54. The van der Waals surface area contributed by atoms with Crippen LogP contribution in [0.15, 0.2) is 39.5 Å². The quantitative estimate of drug-likeness (QED) is 0.770. The average molecular weight is 269 g/mol. The van der Waals surface area contributed by atoms with E-state index in [9.17, 15) is 13.2 Å². The van der Waals surface area contributed by atoms with Gasteiger partial charge in [0.15, 0.2) is 11.4 Å². The van der Waals surface area contributed by atoms with Crippen LogP contribution in [0, 0.1) is 0 Å². The number of nitrogens with one attached hydrogen (secondary N) is 1. The molecular weight excluding hydrogens is 263 g/mol. The van der Waals surface area contributed by atoms with E-state index in [-0.39, 0.29) is 17.1 Å². The first-order chi connectivity index (χ1) is 9.02. The molecule has 3 rings (SSSR count). The molecule has 0 atom stereocenters. The summed E-state index contributed by atoms with van der Waals surface area (Å²) in [5.41, 5.74) is -0.416. The molecule has 0 saturated carbocycles. The van der Waals surface area contributed by atoms with Crippen LogP contribution in [0.3, 0.4) is 0 Å². The smallest absolute Gasteiger partial charge is 0.416 e. The van der Waals surface area contributed by atoms with E-state index in [1.807, 2.05) is 0 Å². The van der Waals surface area contributed by atoms with E-state index in [0.717, 1.165) is 12.1 Å².